The molecule has 1 aromatic rings. The molecule has 6 heteroatoms. The molecule has 4 aliphatic carbocycles. The Morgan fingerprint density at radius 1 is 1.24 bits per heavy atom. The van der Waals surface area contributed by atoms with Crippen molar-refractivity contribution in [2.75, 3.05) is 24.3 Å². The number of nitrogens with zero attached hydrogens (tertiary/aromatic N) is 1. The molecule has 2 spiro atoms. The second-order valence-corrected chi connectivity index (χ2v) is 15.5. The summed E-state index contributed by atoms with van der Waals surface area (Å²) in [5.74, 6) is 3.12. The van der Waals surface area contributed by atoms with Crippen LogP contribution in [0.1, 0.15) is 56.6 Å². The zero-order valence-corrected chi connectivity index (χ0v) is 21.8. The number of phenolic OH excluding ortho intramolecular Hbond substituents is 1. The van der Waals surface area contributed by atoms with Crippen LogP contribution in [-0.4, -0.2) is 56.7 Å². The zero-order valence-electron chi connectivity index (χ0n) is 19.5. The molecule has 180 valence electrons. The summed E-state index contributed by atoms with van der Waals surface area (Å²) in [6, 6.07) is 4.77. The number of aromatic hydroxyl groups is 1. The van der Waals surface area contributed by atoms with Crippen molar-refractivity contribution >= 4 is 21.2 Å². The summed E-state index contributed by atoms with van der Waals surface area (Å²) in [5.41, 5.74) is 3.25. The minimum atomic E-state index is -0.205. The number of rotatable bonds is 6. The molecule has 7 aliphatic rings. The topological polar surface area (TPSA) is 51.2 Å². The summed E-state index contributed by atoms with van der Waals surface area (Å²) in [5, 5.41) is 10.9. The quantitative estimate of drug-likeness (QED) is 0.318. The number of alkyl halides is 2. The predicted molar refractivity (Wildman–Crippen MR) is 134 cm³/mol. The average Bonchev–Trinajstić information content (AvgIpc) is 3.51. The Kier molecular flexibility index (Phi) is 4.38. The fourth-order valence-corrected chi connectivity index (χ4v) is 13.0. The first-order valence-corrected chi connectivity index (χ1v) is 16.2. The molecule has 5 nitrogen and oxygen atoms in total. The molecule has 3 aliphatic heterocycles. The van der Waals surface area contributed by atoms with E-state index < -0.39 is 0 Å². The fraction of sp³-hybridized carbons (Fsp3) is 0.778. The second-order valence-electron chi connectivity index (χ2n) is 12.1. The van der Waals surface area contributed by atoms with E-state index in [1.165, 1.54) is 67.2 Å². The van der Waals surface area contributed by atoms with Crippen molar-refractivity contribution < 1.29 is 19.3 Å². The van der Waals surface area contributed by atoms with Gasteiger partial charge in [0.15, 0.2) is 0 Å². The van der Waals surface area contributed by atoms with Crippen molar-refractivity contribution in [3.63, 3.8) is 0 Å². The Balaban J connectivity index is 1.23. The van der Waals surface area contributed by atoms with Crippen LogP contribution < -0.4 is 4.74 Å². The van der Waals surface area contributed by atoms with E-state index in [1.807, 2.05) is 6.07 Å². The summed E-state index contributed by atoms with van der Waals surface area (Å²) in [6.07, 6.45) is 9.21. The first-order valence-electron chi connectivity index (χ1n) is 13.3. The Bertz CT molecular complexity index is 999. The van der Waals surface area contributed by atoms with Crippen molar-refractivity contribution in [1.82, 2.24) is 4.90 Å². The van der Waals surface area contributed by atoms with E-state index in [2.05, 4.69) is 17.9 Å². The number of ether oxygens (including phenoxy) is 3. The number of halogens is 1. The van der Waals surface area contributed by atoms with Crippen molar-refractivity contribution in [2.45, 2.75) is 79.6 Å². The van der Waals surface area contributed by atoms with Crippen molar-refractivity contribution in [3.8, 4) is 11.5 Å². The van der Waals surface area contributed by atoms with Crippen LogP contribution >= 0.6 is 21.2 Å². The van der Waals surface area contributed by atoms with Gasteiger partial charge in [0.2, 0.25) is 0 Å². The molecule has 7 unspecified atom stereocenters. The molecule has 3 saturated carbocycles. The van der Waals surface area contributed by atoms with Gasteiger partial charge < -0.3 is 0 Å². The number of hydrogen-bond acceptors (Lipinski definition) is 5. The van der Waals surface area contributed by atoms with Crippen LogP contribution in [0, 0.1) is 23.2 Å². The van der Waals surface area contributed by atoms with E-state index >= 15 is 0 Å². The first kappa shape index (κ1) is 20.6. The van der Waals surface area contributed by atoms with Crippen LogP contribution in [-0.2, 0) is 21.3 Å². The molecular weight excluding hydrogens is 529 g/mol. The van der Waals surface area contributed by atoms with Crippen LogP contribution in [0.4, 0.5) is 0 Å². The van der Waals surface area contributed by atoms with Gasteiger partial charge >= 0.3 is 207 Å². The monoisotopic (exact) mass is 565 g/mol. The minimum absolute atomic E-state index is 0.0255. The molecule has 0 amide bonds. The third kappa shape index (κ3) is 2.59. The molecule has 5 fully saturated rings. The van der Waals surface area contributed by atoms with Gasteiger partial charge in [0.1, 0.15) is 0 Å². The molecule has 8 atom stereocenters. The molecule has 3 heterocycles. The summed E-state index contributed by atoms with van der Waals surface area (Å²) in [4.78, 5) is 2.87. The van der Waals surface area contributed by atoms with Gasteiger partial charge in [-0.3, -0.25) is 0 Å². The fourth-order valence-electron chi connectivity index (χ4n) is 9.12. The van der Waals surface area contributed by atoms with E-state index in [4.69, 9.17) is 14.2 Å². The number of unbranched alkanes of at least 4 members (excludes halogenated alkanes) is 1. The maximum absolute atomic E-state index is 10.9. The molecule has 1 aromatic carbocycles. The zero-order chi connectivity index (χ0) is 21.9. The number of phenols is 1. The van der Waals surface area contributed by atoms with Gasteiger partial charge in [0.05, 0.1) is 0 Å². The number of benzene rings is 1. The van der Waals surface area contributed by atoms with Crippen molar-refractivity contribution in [2.24, 2.45) is 23.2 Å². The van der Waals surface area contributed by atoms with E-state index in [0.717, 1.165) is 18.1 Å². The van der Waals surface area contributed by atoms with E-state index in [-0.39, 0.29) is 38.8 Å². The third-order valence-corrected chi connectivity index (χ3v) is 14.1. The normalized spacial score (nSPS) is 46.3. The van der Waals surface area contributed by atoms with Gasteiger partial charge in [-0.15, -0.1) is 0 Å². The van der Waals surface area contributed by atoms with Gasteiger partial charge in [0, 0.05) is 0 Å². The Morgan fingerprint density at radius 2 is 2.15 bits per heavy atom. The van der Waals surface area contributed by atoms with Gasteiger partial charge in [-0.1, -0.05) is 0 Å². The van der Waals surface area contributed by atoms with E-state index in [1.54, 1.807) is 0 Å². The summed E-state index contributed by atoms with van der Waals surface area (Å²) in [6.45, 7) is 5.27. The molecular formula is C27H36INO4. The van der Waals surface area contributed by atoms with Crippen LogP contribution in [0.3, 0.4) is 0 Å². The van der Waals surface area contributed by atoms with Crippen LogP contribution in [0.15, 0.2) is 12.1 Å². The third-order valence-electron chi connectivity index (χ3n) is 10.3. The summed E-state index contributed by atoms with van der Waals surface area (Å²) < 4.78 is 21.3. The standard InChI is InChI=1S/C27H36INO4/c1-2-3-8-28-25-17-9-18-23-26(13-29(23)11-15-4-5-15)10-16-6-7-19(30)22-20(16)27(18,12-26)24(33-22)21(17)31-14-32-25/h6-7,15,17-18,21,23-25,28,30H,2-5,8-14H2,1H3/t17?,18?,21?,23?,24-,25?,26?,27?/m0/s1. The van der Waals surface area contributed by atoms with Crippen molar-refractivity contribution in [1.29, 1.82) is 0 Å². The molecule has 0 aromatic heterocycles. The molecule has 8 rings (SSSR count). The summed E-state index contributed by atoms with van der Waals surface area (Å²) >= 11 is -0.205. The van der Waals surface area contributed by atoms with Crippen LogP contribution in [0.5, 0.6) is 11.5 Å². The predicted octanol–water partition coefficient (Wildman–Crippen LogP) is 4.27. The number of fused-ring (bicyclic) bond motifs is 3. The Morgan fingerprint density at radius 3 is 3.00 bits per heavy atom. The Labute approximate surface area is 206 Å². The van der Waals surface area contributed by atoms with Gasteiger partial charge in [0.25, 0.3) is 0 Å². The van der Waals surface area contributed by atoms with E-state index in [0.29, 0.717) is 39.9 Å². The van der Waals surface area contributed by atoms with Crippen LogP contribution in [0.25, 0.3) is 0 Å². The van der Waals surface area contributed by atoms with Crippen molar-refractivity contribution in [3.05, 3.63) is 23.3 Å². The Hall–Kier alpha value is -0.570. The molecule has 1 N–H and O–H groups in total. The SMILES string of the molecule is CCCC[IH]C1OCOC2C1CC1C3N(CC4CC4)CC34Cc3ccc(O)c5c3C1(C4)[C@H]2O5. The van der Waals surface area contributed by atoms with Gasteiger partial charge in [-0.2, -0.15) is 0 Å². The molecule has 2 saturated heterocycles. The summed E-state index contributed by atoms with van der Waals surface area (Å²) in [7, 11) is 0. The first-order chi connectivity index (χ1) is 16.1. The van der Waals surface area contributed by atoms with Gasteiger partial charge in [-0.25, -0.2) is 0 Å². The maximum atomic E-state index is 10.9. The van der Waals surface area contributed by atoms with Crippen LogP contribution in [0.2, 0.25) is 0 Å². The average molecular weight is 565 g/mol. The number of likely N-dealkylation sites (tertiary alicyclic amines) is 1. The molecule has 33 heavy (non-hydrogen) atoms. The molecule has 2 bridgehead atoms. The van der Waals surface area contributed by atoms with E-state index in [9.17, 15) is 5.11 Å². The second kappa shape index (κ2) is 7.01. The van der Waals surface area contributed by atoms with Gasteiger partial charge in [-0.05, 0) is 0 Å². The molecule has 0 radical (unpaired) electrons. The number of hydrogen-bond donors (Lipinski definition) is 1.